The number of aryl methyl sites for hydroxylation is 2. The number of aromatic nitrogens is 4. The molecule has 0 aliphatic carbocycles. The minimum Gasteiger partial charge on any atom is -0.368 e. The third kappa shape index (κ3) is 4.11. The van der Waals surface area contributed by atoms with E-state index in [0.717, 1.165) is 11.9 Å². The van der Waals surface area contributed by atoms with Gasteiger partial charge in [0.05, 0.1) is 5.56 Å². The number of anilines is 1. The first-order valence-corrected chi connectivity index (χ1v) is 8.38. The minimum absolute atomic E-state index is 0.111. The number of nitrogens with zero attached hydrogens (tertiary/aromatic N) is 4. The Morgan fingerprint density at radius 3 is 2.61 bits per heavy atom. The standard InChI is InChI=1S/C18H17F3N6O/c1-10-25-14(9-15(26-10)27-8-7-22-11(27)2)23-5-6-24-18(28)12-3-4-13(19)17(21)16(12)20/h3-4,7-9H,5-6H2,1-2H3,(H,24,28)(H,23,25,26). The summed E-state index contributed by atoms with van der Waals surface area (Å²) in [6, 6.07) is 3.32. The summed E-state index contributed by atoms with van der Waals surface area (Å²) in [5, 5.41) is 5.46. The molecular weight excluding hydrogens is 373 g/mol. The van der Waals surface area contributed by atoms with Crippen molar-refractivity contribution in [1.82, 2.24) is 24.8 Å². The zero-order valence-corrected chi connectivity index (χ0v) is 15.1. The first-order valence-electron chi connectivity index (χ1n) is 8.38. The lowest BCUT2D eigenvalue weighted by molar-refractivity contribution is 0.0950. The molecule has 0 fully saturated rings. The van der Waals surface area contributed by atoms with Crippen LogP contribution < -0.4 is 10.6 Å². The molecule has 7 nitrogen and oxygen atoms in total. The van der Waals surface area contributed by atoms with Crippen LogP contribution in [0, 0.1) is 31.3 Å². The van der Waals surface area contributed by atoms with Crippen molar-refractivity contribution in [2.45, 2.75) is 13.8 Å². The SMILES string of the molecule is Cc1nc(NCCNC(=O)c2ccc(F)c(F)c2F)cc(-n2ccnc2C)n1. The van der Waals surface area contributed by atoms with Crippen molar-refractivity contribution < 1.29 is 18.0 Å². The van der Waals surface area contributed by atoms with E-state index in [4.69, 9.17) is 0 Å². The Bertz CT molecular complexity index is 1020. The third-order valence-electron chi connectivity index (χ3n) is 3.89. The highest BCUT2D eigenvalue weighted by molar-refractivity contribution is 5.94. The fourth-order valence-electron chi connectivity index (χ4n) is 2.55. The molecule has 2 N–H and O–H groups in total. The van der Waals surface area contributed by atoms with Crippen LogP contribution in [0.3, 0.4) is 0 Å². The number of amides is 1. The average Bonchev–Trinajstić information content (AvgIpc) is 3.09. The van der Waals surface area contributed by atoms with Gasteiger partial charge >= 0.3 is 0 Å². The fraction of sp³-hybridized carbons (Fsp3) is 0.222. The number of carbonyl (C=O) groups is 1. The lowest BCUT2D eigenvalue weighted by atomic mass is 10.2. The first-order chi connectivity index (χ1) is 13.4. The van der Waals surface area contributed by atoms with E-state index < -0.39 is 28.9 Å². The van der Waals surface area contributed by atoms with Crippen molar-refractivity contribution in [1.29, 1.82) is 0 Å². The van der Waals surface area contributed by atoms with E-state index >= 15 is 0 Å². The molecule has 3 aromatic rings. The number of imidazole rings is 1. The zero-order chi connectivity index (χ0) is 20.3. The summed E-state index contributed by atoms with van der Waals surface area (Å²) >= 11 is 0. The molecule has 2 aromatic heterocycles. The van der Waals surface area contributed by atoms with Gasteiger partial charge in [0, 0.05) is 31.5 Å². The van der Waals surface area contributed by atoms with Gasteiger partial charge in [0.1, 0.15) is 23.3 Å². The quantitative estimate of drug-likeness (QED) is 0.499. The molecular formula is C18H17F3N6O. The molecule has 146 valence electrons. The number of hydrogen-bond donors (Lipinski definition) is 2. The van der Waals surface area contributed by atoms with Crippen LogP contribution in [-0.4, -0.2) is 38.5 Å². The second kappa shape index (κ2) is 8.07. The van der Waals surface area contributed by atoms with Gasteiger partial charge in [-0.3, -0.25) is 9.36 Å². The molecule has 0 saturated carbocycles. The van der Waals surface area contributed by atoms with Gasteiger partial charge in [-0.25, -0.2) is 28.1 Å². The molecule has 28 heavy (non-hydrogen) atoms. The lowest BCUT2D eigenvalue weighted by Gasteiger charge is -2.11. The van der Waals surface area contributed by atoms with Crippen LogP contribution in [-0.2, 0) is 0 Å². The number of hydrogen-bond acceptors (Lipinski definition) is 5. The highest BCUT2D eigenvalue weighted by Gasteiger charge is 2.18. The predicted molar refractivity (Wildman–Crippen MR) is 95.8 cm³/mol. The van der Waals surface area contributed by atoms with Gasteiger partial charge in [-0.2, -0.15) is 0 Å². The molecule has 10 heteroatoms. The number of nitrogens with one attached hydrogen (secondary N) is 2. The number of halogens is 3. The summed E-state index contributed by atoms with van der Waals surface area (Å²) in [4.78, 5) is 24.7. The highest BCUT2D eigenvalue weighted by atomic mass is 19.2. The van der Waals surface area contributed by atoms with Crippen molar-refractivity contribution in [3.8, 4) is 5.82 Å². The molecule has 2 heterocycles. The molecule has 0 aliphatic rings. The minimum atomic E-state index is -1.68. The van der Waals surface area contributed by atoms with Crippen molar-refractivity contribution in [3.05, 3.63) is 65.3 Å². The van der Waals surface area contributed by atoms with Gasteiger partial charge in [0.15, 0.2) is 17.5 Å². The van der Waals surface area contributed by atoms with Gasteiger partial charge in [0.2, 0.25) is 0 Å². The summed E-state index contributed by atoms with van der Waals surface area (Å²) in [6.45, 7) is 3.97. The van der Waals surface area contributed by atoms with Crippen molar-refractivity contribution in [2.24, 2.45) is 0 Å². The average molecular weight is 390 g/mol. The summed E-state index contributed by atoms with van der Waals surface area (Å²) in [6.07, 6.45) is 3.43. The topological polar surface area (TPSA) is 84.7 Å². The highest BCUT2D eigenvalue weighted by Crippen LogP contribution is 2.15. The van der Waals surface area contributed by atoms with Crippen LogP contribution in [0.1, 0.15) is 22.0 Å². The smallest absolute Gasteiger partial charge is 0.254 e. The Morgan fingerprint density at radius 2 is 1.89 bits per heavy atom. The molecule has 0 saturated heterocycles. The molecule has 3 rings (SSSR count). The van der Waals surface area contributed by atoms with E-state index in [9.17, 15) is 18.0 Å². The molecule has 0 unspecified atom stereocenters. The summed E-state index contributed by atoms with van der Waals surface area (Å²) < 4.78 is 41.6. The zero-order valence-electron chi connectivity index (χ0n) is 15.1. The van der Waals surface area contributed by atoms with Crippen molar-refractivity contribution in [3.63, 3.8) is 0 Å². The number of rotatable bonds is 6. The number of benzene rings is 1. The molecule has 0 radical (unpaired) electrons. The second-order valence-corrected chi connectivity index (χ2v) is 5.91. The maximum absolute atomic E-state index is 13.6. The van der Waals surface area contributed by atoms with Gasteiger partial charge in [-0.05, 0) is 26.0 Å². The monoisotopic (exact) mass is 390 g/mol. The van der Waals surface area contributed by atoms with E-state index in [0.29, 0.717) is 23.5 Å². The molecule has 0 spiro atoms. The summed E-state index contributed by atoms with van der Waals surface area (Å²) in [5.41, 5.74) is -0.561. The van der Waals surface area contributed by atoms with Gasteiger partial charge < -0.3 is 10.6 Å². The predicted octanol–water partition coefficient (Wildman–Crippen LogP) is 2.54. The van der Waals surface area contributed by atoms with Crippen LogP contribution >= 0.6 is 0 Å². The van der Waals surface area contributed by atoms with Crippen LogP contribution in [0.4, 0.5) is 19.0 Å². The van der Waals surface area contributed by atoms with Gasteiger partial charge in [-0.1, -0.05) is 0 Å². The van der Waals surface area contributed by atoms with E-state index in [1.165, 1.54) is 0 Å². The van der Waals surface area contributed by atoms with Crippen molar-refractivity contribution in [2.75, 3.05) is 18.4 Å². The summed E-state index contributed by atoms with van der Waals surface area (Å²) in [7, 11) is 0. The number of carbonyl (C=O) groups excluding carboxylic acids is 1. The van der Waals surface area contributed by atoms with Crippen LogP contribution in [0.2, 0.25) is 0 Å². The summed E-state index contributed by atoms with van der Waals surface area (Å²) in [5.74, 6) is -2.90. The van der Waals surface area contributed by atoms with Gasteiger partial charge in [0.25, 0.3) is 5.91 Å². The largest absolute Gasteiger partial charge is 0.368 e. The maximum atomic E-state index is 13.6. The Morgan fingerprint density at radius 1 is 1.11 bits per heavy atom. The van der Waals surface area contributed by atoms with E-state index in [1.54, 1.807) is 30.0 Å². The Balaban J connectivity index is 1.60. The normalized spacial score (nSPS) is 10.8. The fourth-order valence-corrected chi connectivity index (χ4v) is 2.55. The van der Waals surface area contributed by atoms with E-state index in [1.807, 2.05) is 6.92 Å². The second-order valence-electron chi connectivity index (χ2n) is 5.91. The Kier molecular flexibility index (Phi) is 5.57. The van der Waals surface area contributed by atoms with Crippen molar-refractivity contribution >= 4 is 11.7 Å². The lowest BCUT2D eigenvalue weighted by Crippen LogP contribution is -2.30. The van der Waals surface area contributed by atoms with Crippen LogP contribution in [0.25, 0.3) is 5.82 Å². The maximum Gasteiger partial charge on any atom is 0.254 e. The molecule has 0 aliphatic heterocycles. The Hall–Kier alpha value is -3.43. The first kappa shape index (κ1) is 19.3. The molecule has 1 amide bonds. The Labute approximate surface area is 158 Å². The van der Waals surface area contributed by atoms with Crippen LogP contribution in [0.15, 0.2) is 30.6 Å². The third-order valence-corrected chi connectivity index (χ3v) is 3.89. The molecule has 0 bridgehead atoms. The van der Waals surface area contributed by atoms with E-state index in [-0.39, 0.29) is 13.1 Å². The van der Waals surface area contributed by atoms with Gasteiger partial charge in [-0.15, -0.1) is 0 Å². The van der Waals surface area contributed by atoms with E-state index in [2.05, 4.69) is 25.6 Å². The molecule has 1 aromatic carbocycles. The van der Waals surface area contributed by atoms with Crippen LogP contribution in [0.5, 0.6) is 0 Å². The molecule has 0 atom stereocenters.